The predicted molar refractivity (Wildman–Crippen MR) is 59.0 cm³/mol. The third-order valence-electron chi connectivity index (χ3n) is 2.99. The largest absolute Gasteiger partial charge is 0.356 e. The Morgan fingerprint density at radius 2 is 1.93 bits per heavy atom. The van der Waals surface area contributed by atoms with Crippen molar-refractivity contribution in [3.05, 3.63) is 0 Å². The molecule has 1 rings (SSSR count). The minimum Gasteiger partial charge on any atom is -0.356 e. The molecule has 0 aromatic carbocycles. The van der Waals surface area contributed by atoms with Crippen molar-refractivity contribution in [1.82, 2.24) is 5.32 Å². The van der Waals surface area contributed by atoms with E-state index in [9.17, 15) is 4.79 Å². The summed E-state index contributed by atoms with van der Waals surface area (Å²) in [6.45, 7) is 0.656. The maximum absolute atomic E-state index is 11.7. The molecule has 0 unspecified atom stereocenters. The molecule has 1 N–H and O–H groups in total. The summed E-state index contributed by atoms with van der Waals surface area (Å²) in [5.74, 6) is 0.435. The Balaban J connectivity index is 2.17. The fourth-order valence-electron chi connectivity index (χ4n) is 2.06. The van der Waals surface area contributed by atoms with Crippen molar-refractivity contribution in [3.8, 4) is 6.07 Å². The van der Waals surface area contributed by atoms with Crippen molar-refractivity contribution < 1.29 is 4.79 Å². The van der Waals surface area contributed by atoms with Gasteiger partial charge < -0.3 is 5.32 Å². The van der Waals surface area contributed by atoms with E-state index in [0.717, 1.165) is 19.3 Å². The van der Waals surface area contributed by atoms with Gasteiger partial charge >= 0.3 is 0 Å². The van der Waals surface area contributed by atoms with E-state index in [2.05, 4.69) is 11.4 Å². The molecule has 1 saturated carbocycles. The lowest BCUT2D eigenvalue weighted by Crippen LogP contribution is -2.31. The first-order valence-electron chi connectivity index (χ1n) is 5.99. The first-order chi connectivity index (χ1) is 7.34. The second-order valence-electron chi connectivity index (χ2n) is 4.24. The van der Waals surface area contributed by atoms with Crippen LogP contribution in [0.2, 0.25) is 0 Å². The first kappa shape index (κ1) is 12.0. The molecule has 0 atom stereocenters. The molecule has 0 aromatic heterocycles. The Morgan fingerprint density at radius 1 is 1.27 bits per heavy atom. The molecule has 1 aliphatic rings. The highest BCUT2D eigenvalue weighted by molar-refractivity contribution is 5.78. The Hall–Kier alpha value is -1.04. The van der Waals surface area contributed by atoms with E-state index in [1.807, 2.05) is 0 Å². The number of nitrogens with one attached hydrogen (secondary N) is 1. The summed E-state index contributed by atoms with van der Waals surface area (Å²) >= 11 is 0. The molecule has 0 bridgehead atoms. The number of carbonyl (C=O) groups is 1. The number of unbranched alkanes of at least 4 members (excludes halogenated alkanes) is 1. The zero-order valence-corrected chi connectivity index (χ0v) is 9.30. The maximum atomic E-state index is 11.7. The summed E-state index contributed by atoms with van der Waals surface area (Å²) in [6.07, 6.45) is 8.33. The van der Waals surface area contributed by atoms with Crippen LogP contribution in [0.4, 0.5) is 0 Å². The molecule has 3 heteroatoms. The fraction of sp³-hybridized carbons (Fsp3) is 0.833. The normalized spacial score (nSPS) is 17.8. The summed E-state index contributed by atoms with van der Waals surface area (Å²) in [5, 5.41) is 11.3. The molecular weight excluding hydrogens is 188 g/mol. The standard InChI is InChI=1S/C12H20N2O/c13-9-5-6-10-14-12(15)11-7-3-1-2-4-8-11/h11H,1-8,10H2,(H,14,15). The van der Waals surface area contributed by atoms with Gasteiger partial charge in [-0.3, -0.25) is 4.79 Å². The number of rotatable bonds is 4. The molecule has 3 nitrogen and oxygen atoms in total. The summed E-state index contributed by atoms with van der Waals surface area (Å²) in [7, 11) is 0. The number of hydrogen-bond acceptors (Lipinski definition) is 2. The lowest BCUT2D eigenvalue weighted by molar-refractivity contribution is -0.125. The van der Waals surface area contributed by atoms with Gasteiger partial charge in [0.1, 0.15) is 0 Å². The van der Waals surface area contributed by atoms with E-state index in [1.165, 1.54) is 25.7 Å². The van der Waals surface area contributed by atoms with Crippen molar-refractivity contribution in [2.75, 3.05) is 6.54 Å². The number of nitrogens with zero attached hydrogens (tertiary/aromatic N) is 1. The van der Waals surface area contributed by atoms with Crippen LogP contribution >= 0.6 is 0 Å². The van der Waals surface area contributed by atoms with Gasteiger partial charge in [-0.15, -0.1) is 0 Å². The van der Waals surface area contributed by atoms with E-state index < -0.39 is 0 Å². The Bertz CT molecular complexity index is 224. The van der Waals surface area contributed by atoms with Crippen molar-refractivity contribution in [1.29, 1.82) is 5.26 Å². The number of amides is 1. The highest BCUT2D eigenvalue weighted by Crippen LogP contribution is 2.22. The number of nitriles is 1. The zero-order chi connectivity index (χ0) is 10.9. The fourth-order valence-corrected chi connectivity index (χ4v) is 2.06. The number of carbonyl (C=O) groups excluding carboxylic acids is 1. The molecule has 0 spiro atoms. The van der Waals surface area contributed by atoms with Gasteiger partial charge in [-0.05, 0) is 19.3 Å². The third kappa shape index (κ3) is 4.83. The topological polar surface area (TPSA) is 52.9 Å². The van der Waals surface area contributed by atoms with Gasteiger partial charge in [0.25, 0.3) is 0 Å². The minimum absolute atomic E-state index is 0.204. The Kier molecular flexibility index (Phi) is 5.84. The molecule has 15 heavy (non-hydrogen) atoms. The van der Waals surface area contributed by atoms with Crippen molar-refractivity contribution in [2.24, 2.45) is 5.92 Å². The van der Waals surface area contributed by atoms with Crippen LogP contribution in [0.5, 0.6) is 0 Å². The molecular formula is C12H20N2O. The summed E-state index contributed by atoms with van der Waals surface area (Å²) in [6, 6.07) is 2.08. The van der Waals surface area contributed by atoms with Gasteiger partial charge in [-0.25, -0.2) is 0 Å². The van der Waals surface area contributed by atoms with Crippen LogP contribution in [0.15, 0.2) is 0 Å². The molecule has 1 fully saturated rings. The average molecular weight is 208 g/mol. The molecule has 0 aliphatic heterocycles. The highest BCUT2D eigenvalue weighted by atomic mass is 16.1. The van der Waals surface area contributed by atoms with Gasteiger partial charge in [0.05, 0.1) is 6.07 Å². The lowest BCUT2D eigenvalue weighted by Gasteiger charge is -2.13. The van der Waals surface area contributed by atoms with Crippen LogP contribution in [0, 0.1) is 17.2 Å². The molecule has 1 amide bonds. The summed E-state index contributed by atoms with van der Waals surface area (Å²) in [5.41, 5.74) is 0. The average Bonchev–Trinajstić information content (AvgIpc) is 2.52. The first-order valence-corrected chi connectivity index (χ1v) is 5.99. The number of hydrogen-bond donors (Lipinski definition) is 1. The van der Waals surface area contributed by atoms with Gasteiger partial charge in [-0.2, -0.15) is 5.26 Å². The van der Waals surface area contributed by atoms with Crippen molar-refractivity contribution >= 4 is 5.91 Å². The molecule has 0 aromatic rings. The zero-order valence-electron chi connectivity index (χ0n) is 9.30. The highest BCUT2D eigenvalue weighted by Gasteiger charge is 2.19. The van der Waals surface area contributed by atoms with Crippen LogP contribution < -0.4 is 5.32 Å². The van der Waals surface area contributed by atoms with Gasteiger partial charge in [-0.1, -0.05) is 25.7 Å². The Labute approximate surface area is 91.9 Å². The quantitative estimate of drug-likeness (QED) is 0.569. The van der Waals surface area contributed by atoms with E-state index in [1.54, 1.807) is 0 Å². The SMILES string of the molecule is N#CCCCNC(=O)C1CCCCCC1. The molecule has 0 heterocycles. The van der Waals surface area contributed by atoms with E-state index in [4.69, 9.17) is 5.26 Å². The molecule has 84 valence electrons. The van der Waals surface area contributed by atoms with Crippen molar-refractivity contribution in [2.45, 2.75) is 51.4 Å². The second-order valence-corrected chi connectivity index (χ2v) is 4.24. The smallest absolute Gasteiger partial charge is 0.223 e. The third-order valence-corrected chi connectivity index (χ3v) is 2.99. The Morgan fingerprint density at radius 3 is 2.53 bits per heavy atom. The lowest BCUT2D eigenvalue weighted by atomic mass is 9.99. The molecule has 0 radical (unpaired) electrons. The van der Waals surface area contributed by atoms with Gasteiger partial charge in [0.2, 0.25) is 5.91 Å². The maximum Gasteiger partial charge on any atom is 0.223 e. The van der Waals surface area contributed by atoms with E-state index in [0.29, 0.717) is 13.0 Å². The van der Waals surface area contributed by atoms with Crippen LogP contribution in [0.1, 0.15) is 51.4 Å². The van der Waals surface area contributed by atoms with Crippen molar-refractivity contribution in [3.63, 3.8) is 0 Å². The van der Waals surface area contributed by atoms with Crippen LogP contribution in [-0.4, -0.2) is 12.5 Å². The summed E-state index contributed by atoms with van der Waals surface area (Å²) < 4.78 is 0. The molecule has 0 saturated heterocycles. The molecule has 1 aliphatic carbocycles. The van der Waals surface area contributed by atoms with Crippen LogP contribution in [0.3, 0.4) is 0 Å². The summed E-state index contributed by atoms with van der Waals surface area (Å²) in [4.78, 5) is 11.7. The van der Waals surface area contributed by atoms with Crippen LogP contribution in [0.25, 0.3) is 0 Å². The van der Waals surface area contributed by atoms with E-state index in [-0.39, 0.29) is 11.8 Å². The second kappa shape index (κ2) is 7.28. The van der Waals surface area contributed by atoms with Gasteiger partial charge in [0, 0.05) is 18.9 Å². The predicted octanol–water partition coefficient (Wildman–Crippen LogP) is 2.38. The van der Waals surface area contributed by atoms with Gasteiger partial charge in [0.15, 0.2) is 0 Å². The monoisotopic (exact) mass is 208 g/mol. The minimum atomic E-state index is 0.204. The van der Waals surface area contributed by atoms with E-state index >= 15 is 0 Å². The van der Waals surface area contributed by atoms with Crippen LogP contribution in [-0.2, 0) is 4.79 Å².